The van der Waals surface area contributed by atoms with Gasteiger partial charge in [0.1, 0.15) is 12.2 Å². The molecule has 1 heterocycles. The Hall–Kier alpha value is -0.970. The summed E-state index contributed by atoms with van der Waals surface area (Å²) in [6, 6.07) is 0. The van der Waals surface area contributed by atoms with E-state index in [-0.39, 0.29) is 24.0 Å². The molecule has 6 atom stereocenters. The maximum absolute atomic E-state index is 12.5. The van der Waals surface area contributed by atoms with Gasteiger partial charge in [-0.15, -0.1) is 0 Å². The van der Waals surface area contributed by atoms with E-state index in [1.807, 2.05) is 0 Å². The lowest BCUT2D eigenvalue weighted by Gasteiger charge is -2.25. The van der Waals surface area contributed by atoms with E-state index in [0.717, 1.165) is 11.1 Å². The van der Waals surface area contributed by atoms with E-state index in [2.05, 4.69) is 0 Å². The summed E-state index contributed by atoms with van der Waals surface area (Å²) in [7, 11) is -7.66. The highest BCUT2D eigenvalue weighted by molar-refractivity contribution is 7.87. The van der Waals surface area contributed by atoms with Crippen LogP contribution in [0.1, 0.15) is 46.0 Å². The normalized spacial score (nSPS) is 42.1. The minimum Gasteiger partial charge on any atom is -0.459 e. The molecule has 1 N–H and O–H groups in total. The Kier molecular flexibility index (Phi) is 4.31. The molecule has 3 fully saturated rings. The monoisotopic (exact) mass is 420 g/mol. The van der Waals surface area contributed by atoms with Crippen molar-refractivity contribution in [2.45, 2.75) is 63.4 Å². The van der Waals surface area contributed by atoms with Crippen molar-refractivity contribution < 1.29 is 35.1 Å². The van der Waals surface area contributed by atoms with Crippen LogP contribution in [0.25, 0.3) is 0 Å². The first kappa shape index (κ1) is 19.4. The Morgan fingerprint density at radius 2 is 2.07 bits per heavy atom. The fourth-order valence-corrected chi connectivity index (χ4v) is 8.49. The highest BCUT2D eigenvalue weighted by Crippen LogP contribution is 2.55. The van der Waals surface area contributed by atoms with Crippen LogP contribution in [-0.4, -0.2) is 50.6 Å². The van der Waals surface area contributed by atoms with Gasteiger partial charge in [-0.25, -0.2) is 0 Å². The number of hydrogen-bond donors (Lipinski definition) is 1. The molecule has 6 unspecified atom stereocenters. The molecule has 0 aromatic rings. The van der Waals surface area contributed by atoms with Crippen molar-refractivity contribution >= 4 is 26.2 Å². The summed E-state index contributed by atoms with van der Waals surface area (Å²) in [4.78, 5) is 12.5. The zero-order chi connectivity index (χ0) is 19.8. The molecule has 27 heavy (non-hydrogen) atoms. The van der Waals surface area contributed by atoms with Gasteiger partial charge in [0.05, 0.1) is 17.4 Å². The van der Waals surface area contributed by atoms with Gasteiger partial charge in [-0.2, -0.15) is 16.8 Å². The second-order valence-electron chi connectivity index (χ2n) is 8.63. The third-order valence-corrected chi connectivity index (χ3v) is 9.73. The van der Waals surface area contributed by atoms with Crippen molar-refractivity contribution in [2.24, 2.45) is 17.3 Å². The highest BCUT2D eigenvalue weighted by atomic mass is 32.2. The van der Waals surface area contributed by atoms with E-state index >= 15 is 0 Å². The lowest BCUT2D eigenvalue weighted by Crippen LogP contribution is -2.37. The van der Waals surface area contributed by atoms with Crippen LogP contribution >= 0.6 is 0 Å². The lowest BCUT2D eigenvalue weighted by atomic mass is 9.86. The van der Waals surface area contributed by atoms with Gasteiger partial charge in [-0.3, -0.25) is 13.5 Å². The number of fused-ring (bicyclic) bond motifs is 1. The van der Waals surface area contributed by atoms with Crippen LogP contribution in [0, 0.1) is 17.3 Å². The fraction of sp³-hybridized carbons (Fsp3) is 0.824. The third-order valence-electron chi connectivity index (χ3n) is 6.95. The Labute approximate surface area is 159 Å². The molecule has 0 aromatic heterocycles. The van der Waals surface area contributed by atoms with Gasteiger partial charge in [-0.05, 0) is 32.6 Å². The minimum absolute atomic E-state index is 0.0228. The summed E-state index contributed by atoms with van der Waals surface area (Å²) in [5.74, 6) is -0.869. The number of esters is 1. The second kappa shape index (κ2) is 6.01. The molecule has 8 nitrogen and oxygen atoms in total. The first-order chi connectivity index (χ1) is 12.4. The number of hydrogen-bond acceptors (Lipinski definition) is 7. The van der Waals surface area contributed by atoms with Gasteiger partial charge in [0.25, 0.3) is 20.2 Å². The van der Waals surface area contributed by atoms with Crippen LogP contribution in [-0.2, 0) is 34.0 Å². The summed E-state index contributed by atoms with van der Waals surface area (Å²) in [5, 5.41) is -0.455. The molecular formula is C17H24O8S2. The van der Waals surface area contributed by atoms with E-state index in [9.17, 15) is 26.2 Å². The molecule has 10 heteroatoms. The largest absolute Gasteiger partial charge is 0.459 e. The van der Waals surface area contributed by atoms with Crippen LogP contribution in [0.5, 0.6) is 0 Å². The van der Waals surface area contributed by atoms with E-state index in [4.69, 9.17) is 8.92 Å². The van der Waals surface area contributed by atoms with Crippen molar-refractivity contribution in [3.63, 3.8) is 0 Å². The summed E-state index contributed by atoms with van der Waals surface area (Å²) in [6.07, 6.45) is 1.26. The quantitative estimate of drug-likeness (QED) is 0.307. The summed E-state index contributed by atoms with van der Waals surface area (Å²) >= 11 is 0. The number of carbonyl (C=O) groups excluding carboxylic acids is 1. The molecule has 2 bridgehead atoms. The standard InChI is InChI=1S/C17H24O8S2/c1-9-10(3-4-17(9,2)8-26(19,20)21)7-14(18)24-15-11-5-12-13(6-11)27(22,23)25-16(12)15/h11-13,15-16H,3-8H2,1-2H3,(H,19,20,21). The van der Waals surface area contributed by atoms with Gasteiger partial charge in [-0.1, -0.05) is 18.1 Å². The van der Waals surface area contributed by atoms with Crippen molar-refractivity contribution in [2.75, 3.05) is 5.75 Å². The SMILES string of the molecule is CC1=C(CC(=O)OC2C3CC4C2OS(=O)(=O)C4C3)CCC1(C)CS(=O)(=O)O. The van der Waals surface area contributed by atoms with Crippen LogP contribution in [0.3, 0.4) is 0 Å². The van der Waals surface area contributed by atoms with E-state index in [0.29, 0.717) is 25.7 Å². The average Bonchev–Trinajstić information content (AvgIpc) is 3.18. The molecule has 2 saturated carbocycles. The third kappa shape index (κ3) is 3.24. The molecule has 4 aliphatic rings. The number of allylic oxidation sites excluding steroid dienone is 1. The average molecular weight is 421 g/mol. The van der Waals surface area contributed by atoms with Gasteiger partial charge in [0, 0.05) is 17.3 Å². The zero-order valence-electron chi connectivity index (χ0n) is 15.3. The summed E-state index contributed by atoms with van der Waals surface area (Å²) < 4.78 is 66.5. The van der Waals surface area contributed by atoms with Gasteiger partial charge in [0.15, 0.2) is 0 Å². The number of rotatable bonds is 5. The minimum atomic E-state index is -4.12. The molecule has 0 aromatic carbocycles. The van der Waals surface area contributed by atoms with E-state index < -0.39 is 49.1 Å². The molecule has 4 rings (SSSR count). The number of carbonyl (C=O) groups is 1. The van der Waals surface area contributed by atoms with Crippen molar-refractivity contribution in [1.29, 1.82) is 0 Å². The maximum atomic E-state index is 12.5. The van der Waals surface area contributed by atoms with Crippen LogP contribution in [0.4, 0.5) is 0 Å². The lowest BCUT2D eigenvalue weighted by molar-refractivity contribution is -0.155. The zero-order valence-corrected chi connectivity index (χ0v) is 16.9. The summed E-state index contributed by atoms with van der Waals surface area (Å²) in [6.45, 7) is 3.55. The Morgan fingerprint density at radius 3 is 2.74 bits per heavy atom. The molecule has 0 radical (unpaired) electrons. The fourth-order valence-electron chi connectivity index (χ4n) is 5.44. The number of ether oxygens (including phenoxy) is 1. The smallest absolute Gasteiger partial charge is 0.310 e. The van der Waals surface area contributed by atoms with Crippen LogP contribution < -0.4 is 0 Å². The van der Waals surface area contributed by atoms with Crippen molar-refractivity contribution in [3.8, 4) is 0 Å². The maximum Gasteiger partial charge on any atom is 0.310 e. The molecule has 3 aliphatic carbocycles. The van der Waals surface area contributed by atoms with Crippen LogP contribution in [0.2, 0.25) is 0 Å². The highest BCUT2D eigenvalue weighted by Gasteiger charge is 2.65. The van der Waals surface area contributed by atoms with E-state index in [1.165, 1.54) is 0 Å². The first-order valence-electron chi connectivity index (χ1n) is 9.15. The van der Waals surface area contributed by atoms with Crippen molar-refractivity contribution in [3.05, 3.63) is 11.1 Å². The predicted octanol–water partition coefficient (Wildman–Crippen LogP) is 1.43. The molecule has 0 amide bonds. The molecule has 1 aliphatic heterocycles. The molecule has 152 valence electrons. The predicted molar refractivity (Wildman–Crippen MR) is 94.7 cm³/mol. The Bertz CT molecular complexity index is 919. The summed E-state index contributed by atoms with van der Waals surface area (Å²) in [5.41, 5.74) is 0.933. The Morgan fingerprint density at radius 1 is 1.37 bits per heavy atom. The first-order valence-corrected chi connectivity index (χ1v) is 12.2. The molecule has 0 spiro atoms. The van der Waals surface area contributed by atoms with E-state index in [1.54, 1.807) is 13.8 Å². The van der Waals surface area contributed by atoms with Gasteiger partial charge >= 0.3 is 5.97 Å². The van der Waals surface area contributed by atoms with Gasteiger partial charge in [0.2, 0.25) is 0 Å². The second-order valence-corrected chi connectivity index (χ2v) is 11.9. The molecule has 1 saturated heterocycles. The Balaban J connectivity index is 1.43. The van der Waals surface area contributed by atoms with Gasteiger partial charge < -0.3 is 4.74 Å². The van der Waals surface area contributed by atoms with Crippen molar-refractivity contribution in [1.82, 2.24) is 0 Å². The topological polar surface area (TPSA) is 124 Å². The molecular weight excluding hydrogens is 396 g/mol. The van der Waals surface area contributed by atoms with Crippen LogP contribution in [0.15, 0.2) is 11.1 Å².